The molecule has 5 rings (SSSR count). The molecule has 0 spiro atoms. The molecular weight excluding hydrogens is 568 g/mol. The van der Waals surface area contributed by atoms with Gasteiger partial charge in [0.25, 0.3) is 5.56 Å². The third-order valence-corrected chi connectivity index (χ3v) is 8.13. The molecule has 0 fully saturated rings. The fourth-order valence-electron chi connectivity index (χ4n) is 4.89. The first-order valence-electron chi connectivity index (χ1n) is 13.8. The Morgan fingerprint density at radius 2 is 1.81 bits per heavy atom. The third-order valence-electron chi connectivity index (χ3n) is 7.15. The SMILES string of the molecule is COCCOC(=O)C1=C(C)N=c2sc(=Cc3ccc(-c4cccc(C(=O)OC)c4)o3)c(=O)n2C1c1ccc(C(C)C)cc1. The first kappa shape index (κ1) is 29.9. The van der Waals surface area contributed by atoms with Crippen LogP contribution in [0.2, 0.25) is 0 Å². The molecule has 0 saturated carbocycles. The highest BCUT2D eigenvalue weighted by molar-refractivity contribution is 7.07. The molecule has 0 N–H and O–H groups in total. The van der Waals surface area contributed by atoms with Crippen molar-refractivity contribution >= 4 is 29.4 Å². The molecule has 3 heterocycles. The van der Waals surface area contributed by atoms with Crippen molar-refractivity contribution in [2.75, 3.05) is 27.4 Å². The van der Waals surface area contributed by atoms with Crippen LogP contribution in [-0.4, -0.2) is 43.9 Å². The van der Waals surface area contributed by atoms with Gasteiger partial charge in [-0.2, -0.15) is 0 Å². The number of thiazole rings is 1. The minimum atomic E-state index is -0.720. The lowest BCUT2D eigenvalue weighted by Crippen LogP contribution is -2.40. The Labute approximate surface area is 252 Å². The predicted octanol–water partition coefficient (Wildman–Crippen LogP) is 4.59. The van der Waals surface area contributed by atoms with Crippen LogP contribution in [0.1, 0.15) is 60.0 Å². The maximum absolute atomic E-state index is 13.9. The number of fused-ring (bicyclic) bond motifs is 1. The summed E-state index contributed by atoms with van der Waals surface area (Å²) in [4.78, 5) is 44.3. The van der Waals surface area contributed by atoms with Gasteiger partial charge in [-0.1, -0.05) is 61.6 Å². The summed E-state index contributed by atoms with van der Waals surface area (Å²) in [5.41, 5.74) is 3.50. The van der Waals surface area contributed by atoms with E-state index in [1.807, 2.05) is 30.3 Å². The van der Waals surface area contributed by atoms with E-state index in [4.69, 9.17) is 18.6 Å². The van der Waals surface area contributed by atoms with Crippen molar-refractivity contribution in [2.45, 2.75) is 32.7 Å². The van der Waals surface area contributed by atoms with Gasteiger partial charge in [-0.3, -0.25) is 9.36 Å². The fraction of sp³-hybridized carbons (Fsp3) is 0.273. The number of rotatable bonds is 9. The number of ether oxygens (including phenoxy) is 3. The maximum atomic E-state index is 13.9. The lowest BCUT2D eigenvalue weighted by molar-refractivity contribution is -0.140. The lowest BCUT2D eigenvalue weighted by Gasteiger charge is -2.25. The van der Waals surface area contributed by atoms with E-state index in [2.05, 4.69) is 18.8 Å². The van der Waals surface area contributed by atoms with Crippen LogP contribution in [0.5, 0.6) is 0 Å². The lowest BCUT2D eigenvalue weighted by atomic mass is 9.93. The number of benzene rings is 2. The standard InChI is InChI=1S/C33H32N2O7S/c1-19(2)21-9-11-22(12-10-21)29-28(32(38)41-16-15-39-4)20(3)34-33-35(29)30(36)27(43-33)18-25-13-14-26(42-25)23-7-6-8-24(17-23)31(37)40-5/h6-14,17-19,29H,15-16H2,1-5H3. The zero-order valence-electron chi connectivity index (χ0n) is 24.6. The molecule has 2 aromatic heterocycles. The normalized spacial score (nSPS) is 14.9. The number of esters is 2. The summed E-state index contributed by atoms with van der Waals surface area (Å²) in [6.45, 7) is 6.30. The minimum Gasteiger partial charge on any atom is -0.465 e. The number of nitrogens with zero attached hydrogens (tertiary/aromatic N) is 2. The first-order chi connectivity index (χ1) is 20.7. The predicted molar refractivity (Wildman–Crippen MR) is 163 cm³/mol. The topological polar surface area (TPSA) is 109 Å². The van der Waals surface area contributed by atoms with Crippen LogP contribution in [-0.2, 0) is 19.0 Å². The summed E-state index contributed by atoms with van der Waals surface area (Å²) in [7, 11) is 2.86. The number of carbonyl (C=O) groups excluding carboxylic acids is 2. The van der Waals surface area contributed by atoms with Crippen molar-refractivity contribution in [1.29, 1.82) is 0 Å². The van der Waals surface area contributed by atoms with Gasteiger partial charge in [-0.05, 0) is 48.2 Å². The van der Waals surface area contributed by atoms with E-state index in [1.54, 1.807) is 47.9 Å². The quantitative estimate of drug-likeness (QED) is 0.204. The van der Waals surface area contributed by atoms with Gasteiger partial charge in [0, 0.05) is 18.7 Å². The van der Waals surface area contributed by atoms with E-state index in [9.17, 15) is 14.4 Å². The largest absolute Gasteiger partial charge is 0.465 e. The summed E-state index contributed by atoms with van der Waals surface area (Å²) in [5, 5.41) is 0. The average molecular weight is 601 g/mol. The van der Waals surface area contributed by atoms with Gasteiger partial charge in [-0.15, -0.1) is 0 Å². The number of hydrogen-bond acceptors (Lipinski definition) is 9. The second-order valence-corrected chi connectivity index (χ2v) is 11.3. The van der Waals surface area contributed by atoms with Crippen LogP contribution >= 0.6 is 11.3 Å². The van der Waals surface area contributed by atoms with Crippen LogP contribution in [0, 0.1) is 0 Å². The minimum absolute atomic E-state index is 0.0822. The highest BCUT2D eigenvalue weighted by Gasteiger charge is 2.33. The van der Waals surface area contributed by atoms with Gasteiger partial charge < -0.3 is 18.6 Å². The van der Waals surface area contributed by atoms with Gasteiger partial charge in [0.05, 0.1) is 41.1 Å². The molecule has 9 nitrogen and oxygen atoms in total. The highest BCUT2D eigenvalue weighted by atomic mass is 32.1. The molecule has 4 aromatic rings. The molecule has 10 heteroatoms. The first-order valence-corrected chi connectivity index (χ1v) is 14.6. The Balaban J connectivity index is 1.57. The van der Waals surface area contributed by atoms with Gasteiger partial charge in [0.15, 0.2) is 4.80 Å². The summed E-state index contributed by atoms with van der Waals surface area (Å²) in [6, 6.07) is 17.6. The number of methoxy groups -OCH3 is 2. The molecular formula is C33H32N2O7S. The number of hydrogen-bond donors (Lipinski definition) is 0. The Morgan fingerprint density at radius 1 is 1.05 bits per heavy atom. The van der Waals surface area contributed by atoms with Crippen LogP contribution in [0.15, 0.2) is 86.1 Å². The number of carbonyl (C=O) groups is 2. The summed E-state index contributed by atoms with van der Waals surface area (Å²) >= 11 is 1.22. The Morgan fingerprint density at radius 3 is 2.51 bits per heavy atom. The second kappa shape index (κ2) is 12.8. The van der Waals surface area contributed by atoms with Crippen molar-refractivity contribution in [3.63, 3.8) is 0 Å². The zero-order valence-corrected chi connectivity index (χ0v) is 25.4. The Kier molecular flexibility index (Phi) is 8.89. The van der Waals surface area contributed by atoms with Gasteiger partial charge in [0.2, 0.25) is 0 Å². The molecule has 0 radical (unpaired) electrons. The molecule has 1 atom stereocenters. The molecule has 43 heavy (non-hydrogen) atoms. The number of allylic oxidation sites excluding steroid dienone is 1. The van der Waals surface area contributed by atoms with Crippen LogP contribution in [0.25, 0.3) is 17.4 Å². The molecule has 1 aliphatic heterocycles. The van der Waals surface area contributed by atoms with Gasteiger partial charge in [0.1, 0.15) is 18.1 Å². The van der Waals surface area contributed by atoms with E-state index in [0.29, 0.717) is 49.2 Å². The molecule has 222 valence electrons. The van der Waals surface area contributed by atoms with Crippen LogP contribution < -0.4 is 14.9 Å². The molecule has 2 aromatic carbocycles. The van der Waals surface area contributed by atoms with E-state index < -0.39 is 18.0 Å². The average Bonchev–Trinajstić information content (AvgIpc) is 3.60. The monoisotopic (exact) mass is 600 g/mol. The van der Waals surface area contributed by atoms with E-state index >= 15 is 0 Å². The van der Waals surface area contributed by atoms with Crippen molar-refractivity contribution < 1.29 is 28.2 Å². The molecule has 0 bridgehead atoms. The summed E-state index contributed by atoms with van der Waals surface area (Å²) in [5.74, 6) is 0.324. The van der Waals surface area contributed by atoms with E-state index in [0.717, 1.165) is 11.1 Å². The third kappa shape index (κ3) is 6.16. The van der Waals surface area contributed by atoms with Crippen molar-refractivity contribution in [1.82, 2.24) is 4.57 Å². The molecule has 1 unspecified atom stereocenters. The molecule has 1 aliphatic rings. The summed E-state index contributed by atoms with van der Waals surface area (Å²) in [6.07, 6.45) is 1.66. The van der Waals surface area contributed by atoms with Crippen LogP contribution in [0.3, 0.4) is 0 Å². The number of furan rings is 1. The van der Waals surface area contributed by atoms with Crippen LogP contribution in [0.4, 0.5) is 0 Å². The Bertz CT molecular complexity index is 1880. The maximum Gasteiger partial charge on any atom is 0.338 e. The molecule has 0 amide bonds. The van der Waals surface area contributed by atoms with Gasteiger partial charge in [-0.25, -0.2) is 14.6 Å². The van der Waals surface area contributed by atoms with Gasteiger partial charge >= 0.3 is 11.9 Å². The highest BCUT2D eigenvalue weighted by Crippen LogP contribution is 2.31. The Hall–Kier alpha value is -4.54. The fourth-order valence-corrected chi connectivity index (χ4v) is 5.92. The molecule has 0 saturated heterocycles. The molecule has 0 aliphatic carbocycles. The zero-order chi connectivity index (χ0) is 30.7. The van der Waals surface area contributed by atoms with Crippen molar-refractivity contribution in [3.8, 4) is 11.3 Å². The van der Waals surface area contributed by atoms with E-state index in [-0.39, 0.29) is 18.8 Å². The van der Waals surface area contributed by atoms with E-state index in [1.165, 1.54) is 25.6 Å². The summed E-state index contributed by atoms with van der Waals surface area (Å²) < 4.78 is 23.3. The van der Waals surface area contributed by atoms with Crippen molar-refractivity contribution in [2.24, 2.45) is 4.99 Å². The smallest absolute Gasteiger partial charge is 0.338 e. The van der Waals surface area contributed by atoms with Crippen molar-refractivity contribution in [3.05, 3.63) is 114 Å². The second-order valence-electron chi connectivity index (χ2n) is 10.3. The number of aromatic nitrogens is 1.